The van der Waals surface area contributed by atoms with Crippen LogP contribution in [0.2, 0.25) is 0 Å². The molecule has 0 aromatic carbocycles. The summed E-state index contributed by atoms with van der Waals surface area (Å²) in [4.78, 5) is 24.5. The fraction of sp³-hybridized carbons (Fsp3) is 0.714. The number of carbonyl (C=O) groups excluding carboxylic acids is 2. The van der Waals surface area contributed by atoms with Crippen LogP contribution in [0.25, 0.3) is 0 Å². The van der Waals surface area contributed by atoms with E-state index in [9.17, 15) is 9.59 Å². The van der Waals surface area contributed by atoms with E-state index in [1.807, 2.05) is 0 Å². The van der Waals surface area contributed by atoms with E-state index < -0.39 is 6.04 Å². The molecule has 2 atom stereocenters. The fourth-order valence-corrected chi connectivity index (χ4v) is 2.31. The van der Waals surface area contributed by atoms with Gasteiger partial charge in [-0.25, -0.2) is 14.9 Å². The van der Waals surface area contributed by atoms with Crippen LogP contribution in [0, 0.1) is 0 Å². The Bertz CT molecular complexity index is 300. The molecule has 2 bridgehead atoms. The van der Waals surface area contributed by atoms with Crippen LogP contribution in [0.4, 0.5) is 4.79 Å². The van der Waals surface area contributed by atoms with Crippen LogP contribution in [0.1, 0.15) is 12.8 Å². The topological polar surface area (TPSA) is 87.9 Å². The van der Waals surface area contributed by atoms with Crippen LogP contribution in [-0.4, -0.2) is 40.5 Å². The lowest BCUT2D eigenvalue weighted by molar-refractivity contribution is -0.126. The van der Waals surface area contributed by atoms with E-state index in [-0.39, 0.29) is 18.0 Å². The van der Waals surface area contributed by atoms with Gasteiger partial charge in [0.2, 0.25) is 0 Å². The SMILES string of the molecule is NNC(=O)[C@@H]1CC[C@@H]2CN1C(=O)N2OS. The minimum Gasteiger partial charge on any atom is -0.309 e. The number of amides is 3. The largest absolute Gasteiger partial charge is 0.345 e. The van der Waals surface area contributed by atoms with Crippen LogP contribution in [0.3, 0.4) is 0 Å². The Morgan fingerprint density at radius 3 is 2.93 bits per heavy atom. The first-order valence-electron chi connectivity index (χ1n) is 4.61. The van der Waals surface area contributed by atoms with Crippen LogP contribution < -0.4 is 11.3 Å². The molecule has 0 aromatic heterocycles. The van der Waals surface area contributed by atoms with Gasteiger partial charge in [-0.1, -0.05) is 0 Å². The van der Waals surface area contributed by atoms with Gasteiger partial charge in [-0.15, -0.1) is 0 Å². The summed E-state index contributed by atoms with van der Waals surface area (Å²) in [7, 11) is 0. The highest BCUT2D eigenvalue weighted by atomic mass is 32.1. The van der Waals surface area contributed by atoms with Gasteiger partial charge in [-0.05, 0) is 12.8 Å². The molecule has 7 nitrogen and oxygen atoms in total. The van der Waals surface area contributed by atoms with E-state index in [0.29, 0.717) is 19.4 Å². The third-order valence-corrected chi connectivity index (χ3v) is 3.03. The zero-order valence-electron chi connectivity index (χ0n) is 7.92. The van der Waals surface area contributed by atoms with Crippen molar-refractivity contribution in [2.45, 2.75) is 24.9 Å². The Balaban J connectivity index is 2.16. The summed E-state index contributed by atoms with van der Waals surface area (Å²) in [5.74, 6) is 4.70. The predicted molar refractivity (Wildman–Crippen MR) is 53.2 cm³/mol. The summed E-state index contributed by atoms with van der Waals surface area (Å²) in [6, 6.07) is -0.842. The number of hydrogen-bond donors (Lipinski definition) is 3. The van der Waals surface area contributed by atoms with E-state index in [0.717, 1.165) is 0 Å². The molecule has 2 rings (SSSR count). The van der Waals surface area contributed by atoms with Crippen molar-refractivity contribution in [2.75, 3.05) is 6.54 Å². The number of rotatable bonds is 2. The maximum absolute atomic E-state index is 11.7. The van der Waals surface area contributed by atoms with Gasteiger partial charge in [0.15, 0.2) is 0 Å². The second kappa shape index (κ2) is 3.87. The Morgan fingerprint density at radius 1 is 1.60 bits per heavy atom. The van der Waals surface area contributed by atoms with Crippen molar-refractivity contribution in [1.82, 2.24) is 15.4 Å². The maximum Gasteiger partial charge on any atom is 0.345 e. The molecule has 8 heteroatoms. The summed E-state index contributed by atoms with van der Waals surface area (Å²) in [5, 5.41) is 1.19. The van der Waals surface area contributed by atoms with Crippen molar-refractivity contribution in [3.8, 4) is 0 Å². The maximum atomic E-state index is 11.7. The molecule has 3 amide bonds. The fourth-order valence-electron chi connectivity index (χ4n) is 2.11. The minimum atomic E-state index is -0.493. The summed E-state index contributed by atoms with van der Waals surface area (Å²) >= 11 is 3.61. The average Bonchev–Trinajstić information content (AvgIpc) is 2.51. The number of hydrogen-bond acceptors (Lipinski definition) is 5. The lowest BCUT2D eigenvalue weighted by atomic mass is 10.0. The quantitative estimate of drug-likeness (QED) is 0.188. The molecule has 84 valence electrons. The Morgan fingerprint density at radius 2 is 2.33 bits per heavy atom. The number of thiol groups is 1. The summed E-state index contributed by atoms with van der Waals surface area (Å²) < 4.78 is 4.67. The number of nitrogens with zero attached hydrogens (tertiary/aromatic N) is 2. The molecule has 2 aliphatic rings. The molecule has 2 aliphatic heterocycles. The smallest absolute Gasteiger partial charge is 0.309 e. The molecule has 0 radical (unpaired) electrons. The van der Waals surface area contributed by atoms with E-state index in [2.05, 4.69) is 22.6 Å². The Kier molecular flexibility index (Phi) is 2.72. The predicted octanol–water partition coefficient (Wildman–Crippen LogP) is -0.979. The zero-order chi connectivity index (χ0) is 11.0. The Labute approximate surface area is 92.1 Å². The van der Waals surface area contributed by atoms with E-state index in [1.54, 1.807) is 0 Å². The number of hydrazine groups is 1. The van der Waals surface area contributed by atoms with Gasteiger partial charge < -0.3 is 4.90 Å². The van der Waals surface area contributed by atoms with Gasteiger partial charge in [-0.2, -0.15) is 5.06 Å². The van der Waals surface area contributed by atoms with Gasteiger partial charge in [0.05, 0.1) is 6.04 Å². The molecule has 0 unspecified atom stereocenters. The monoisotopic (exact) mass is 232 g/mol. The van der Waals surface area contributed by atoms with Crippen LogP contribution >= 0.6 is 12.9 Å². The van der Waals surface area contributed by atoms with Gasteiger partial charge in [0.25, 0.3) is 5.91 Å². The third kappa shape index (κ3) is 1.54. The van der Waals surface area contributed by atoms with Gasteiger partial charge >= 0.3 is 6.03 Å². The second-order valence-corrected chi connectivity index (χ2v) is 3.76. The number of hydroxylamine groups is 2. The first-order valence-corrected chi connectivity index (χ1v) is 4.97. The molecule has 0 aliphatic carbocycles. The highest BCUT2D eigenvalue weighted by molar-refractivity contribution is 7.75. The first kappa shape index (κ1) is 10.5. The lowest BCUT2D eigenvalue weighted by Crippen LogP contribution is -2.51. The van der Waals surface area contributed by atoms with Crippen molar-refractivity contribution in [3.05, 3.63) is 0 Å². The summed E-state index contributed by atoms with van der Waals surface area (Å²) in [6.07, 6.45) is 1.30. The number of nitrogens with two attached hydrogens (primary N) is 1. The number of urea groups is 1. The van der Waals surface area contributed by atoms with Crippen molar-refractivity contribution < 1.29 is 13.9 Å². The standard InChI is InChI=1S/C7H12N4O3S/c8-9-6(12)5-2-1-4-3-10(5)7(13)11(4)14-15/h4-5,15H,1-3,8H2,(H,9,12)/t4-,5+/m1/s1. The molecule has 0 saturated carbocycles. The highest BCUT2D eigenvalue weighted by Gasteiger charge is 2.47. The Hall–Kier alpha value is -0.990. The third-order valence-electron chi connectivity index (χ3n) is 2.86. The summed E-state index contributed by atoms with van der Waals surface area (Å²) in [5.41, 5.74) is 2.06. The molecule has 2 heterocycles. The van der Waals surface area contributed by atoms with Crippen LogP contribution in [0.15, 0.2) is 0 Å². The van der Waals surface area contributed by atoms with Gasteiger partial charge in [0.1, 0.15) is 6.04 Å². The lowest BCUT2D eigenvalue weighted by Gasteiger charge is -2.28. The first-order chi connectivity index (χ1) is 7.19. The molecular formula is C7H12N4O3S. The molecule has 3 N–H and O–H groups in total. The number of nitrogens with one attached hydrogen (secondary N) is 1. The average molecular weight is 232 g/mol. The van der Waals surface area contributed by atoms with E-state index in [1.165, 1.54) is 9.96 Å². The van der Waals surface area contributed by atoms with E-state index >= 15 is 0 Å². The van der Waals surface area contributed by atoms with Crippen molar-refractivity contribution >= 4 is 24.8 Å². The van der Waals surface area contributed by atoms with E-state index in [4.69, 9.17) is 5.84 Å². The molecule has 0 spiro atoms. The van der Waals surface area contributed by atoms with Crippen molar-refractivity contribution in [3.63, 3.8) is 0 Å². The molecule has 2 fully saturated rings. The van der Waals surface area contributed by atoms with Crippen LogP contribution in [0.5, 0.6) is 0 Å². The molecule has 15 heavy (non-hydrogen) atoms. The minimum absolute atomic E-state index is 0.0168. The highest BCUT2D eigenvalue weighted by Crippen LogP contribution is 2.30. The number of carbonyl (C=O) groups is 2. The molecule has 2 saturated heterocycles. The summed E-state index contributed by atoms with van der Waals surface area (Å²) in [6.45, 7) is 0.484. The van der Waals surface area contributed by atoms with Crippen molar-refractivity contribution in [1.29, 1.82) is 0 Å². The normalized spacial score (nSPS) is 29.6. The van der Waals surface area contributed by atoms with Crippen molar-refractivity contribution in [2.24, 2.45) is 5.84 Å². The molecular weight excluding hydrogens is 220 g/mol. The number of fused-ring (bicyclic) bond motifs is 2. The van der Waals surface area contributed by atoms with Crippen LogP contribution in [-0.2, 0) is 9.08 Å². The van der Waals surface area contributed by atoms with Gasteiger partial charge in [0, 0.05) is 19.5 Å². The molecule has 0 aromatic rings. The zero-order valence-corrected chi connectivity index (χ0v) is 8.81. The van der Waals surface area contributed by atoms with Gasteiger partial charge in [-0.3, -0.25) is 10.2 Å². The number of piperidine rings is 1. The second-order valence-electron chi connectivity index (χ2n) is 3.60.